The van der Waals surface area contributed by atoms with Crippen LogP contribution < -0.4 is 0 Å². The van der Waals surface area contributed by atoms with Gasteiger partial charge in [0.2, 0.25) is 0 Å². The van der Waals surface area contributed by atoms with E-state index in [4.69, 9.17) is 9.47 Å². The van der Waals surface area contributed by atoms with Gasteiger partial charge in [-0.05, 0) is 0 Å². The molecule has 1 aliphatic carbocycles. The lowest BCUT2D eigenvalue weighted by molar-refractivity contribution is -0.179. The van der Waals surface area contributed by atoms with E-state index < -0.39 is 0 Å². The summed E-state index contributed by atoms with van der Waals surface area (Å²) in [6.45, 7) is 1.38. The van der Waals surface area contributed by atoms with Gasteiger partial charge in [0.1, 0.15) is 5.78 Å². The highest BCUT2D eigenvalue weighted by molar-refractivity contribution is 5.79. The minimum absolute atomic E-state index is 0. The van der Waals surface area contributed by atoms with Gasteiger partial charge in [-0.3, -0.25) is 4.79 Å². The van der Waals surface area contributed by atoms with Crippen LogP contribution in [0.15, 0.2) is 0 Å². The summed E-state index contributed by atoms with van der Waals surface area (Å²) in [4.78, 5) is 10.9. The van der Waals surface area contributed by atoms with Crippen molar-refractivity contribution in [2.24, 2.45) is 0 Å². The number of Topliss-reactive ketones (excluding diaryl/α,β-unsaturated/α-hetero) is 1. The molecule has 1 aliphatic heterocycles. The van der Waals surface area contributed by atoms with Gasteiger partial charge < -0.3 is 14.9 Å². The highest BCUT2D eigenvalue weighted by Gasteiger charge is 2.39. The molecule has 1 heterocycles. The van der Waals surface area contributed by atoms with Gasteiger partial charge in [-0.1, -0.05) is 0 Å². The van der Waals surface area contributed by atoms with Crippen LogP contribution in [0.5, 0.6) is 0 Å². The summed E-state index contributed by atoms with van der Waals surface area (Å²) in [7, 11) is 0. The molecule has 2 rings (SSSR count). The number of carbonyl (C=O) groups excluding carboxylic acids is 1. The van der Waals surface area contributed by atoms with Crippen molar-refractivity contribution in [2.75, 3.05) is 13.2 Å². The van der Waals surface area contributed by atoms with E-state index in [1.807, 2.05) is 0 Å². The first-order chi connectivity index (χ1) is 5.31. The number of rotatable bonds is 0. The van der Waals surface area contributed by atoms with E-state index in [0.29, 0.717) is 31.8 Å². The fourth-order valence-electron chi connectivity index (χ4n) is 1.70. The minimum Gasteiger partial charge on any atom is -0.412 e. The Hall–Kier alpha value is -0.450. The quantitative estimate of drug-likeness (QED) is 0.521. The van der Waals surface area contributed by atoms with Crippen molar-refractivity contribution in [1.82, 2.24) is 0 Å². The van der Waals surface area contributed by atoms with Crippen molar-refractivity contribution >= 4 is 5.78 Å². The molecule has 0 atom stereocenters. The molecule has 1 spiro atoms. The second kappa shape index (κ2) is 3.51. The first-order valence-corrected chi connectivity index (χ1v) is 4.10. The predicted molar refractivity (Wildman–Crippen MR) is 41.7 cm³/mol. The van der Waals surface area contributed by atoms with Gasteiger partial charge in [0.25, 0.3) is 0 Å². The third-order valence-electron chi connectivity index (χ3n) is 2.38. The Morgan fingerprint density at radius 2 is 1.58 bits per heavy atom. The summed E-state index contributed by atoms with van der Waals surface area (Å²) in [6.07, 6.45) is 2.76. The van der Waals surface area contributed by atoms with Gasteiger partial charge in [-0.2, -0.15) is 0 Å². The summed E-state index contributed by atoms with van der Waals surface area (Å²) >= 11 is 0. The molecule has 0 amide bonds. The van der Waals surface area contributed by atoms with Gasteiger partial charge in [0, 0.05) is 25.7 Å². The summed E-state index contributed by atoms with van der Waals surface area (Å²) < 4.78 is 10.9. The molecule has 4 heteroatoms. The lowest BCUT2D eigenvalue weighted by Gasteiger charge is -2.30. The van der Waals surface area contributed by atoms with E-state index in [9.17, 15) is 4.79 Å². The molecule has 2 N–H and O–H groups in total. The number of ketones is 1. The van der Waals surface area contributed by atoms with E-state index in [1.165, 1.54) is 0 Å². The van der Waals surface area contributed by atoms with E-state index in [2.05, 4.69) is 0 Å². The van der Waals surface area contributed by atoms with Crippen LogP contribution in [0.4, 0.5) is 0 Å². The molecule has 12 heavy (non-hydrogen) atoms. The van der Waals surface area contributed by atoms with Crippen molar-refractivity contribution in [3.8, 4) is 0 Å². The molecule has 0 aromatic rings. The van der Waals surface area contributed by atoms with E-state index in [-0.39, 0.29) is 11.3 Å². The molecule has 2 aliphatic rings. The maximum atomic E-state index is 10.9. The maximum Gasteiger partial charge on any atom is 0.169 e. The Balaban J connectivity index is 0.000000720. The molecule has 0 unspecified atom stereocenters. The fraction of sp³-hybridized carbons (Fsp3) is 0.875. The Bertz CT molecular complexity index is 160. The van der Waals surface area contributed by atoms with Crippen LogP contribution in [0.25, 0.3) is 0 Å². The third kappa shape index (κ3) is 1.65. The van der Waals surface area contributed by atoms with Crippen LogP contribution in [0, 0.1) is 0 Å². The summed E-state index contributed by atoms with van der Waals surface area (Å²) in [5.74, 6) is -0.0248. The Kier molecular flexibility index (Phi) is 2.82. The van der Waals surface area contributed by atoms with Crippen LogP contribution in [0.1, 0.15) is 25.7 Å². The zero-order valence-corrected chi connectivity index (χ0v) is 6.97. The predicted octanol–water partition coefficient (Wildman–Crippen LogP) is 0.0479. The zero-order chi connectivity index (χ0) is 7.73. The SMILES string of the molecule is O.O=C1CCC2(CC1)OCCO2. The maximum absolute atomic E-state index is 10.9. The Morgan fingerprint density at radius 3 is 2.08 bits per heavy atom. The van der Waals surface area contributed by atoms with Crippen molar-refractivity contribution in [1.29, 1.82) is 0 Å². The van der Waals surface area contributed by atoms with E-state index >= 15 is 0 Å². The van der Waals surface area contributed by atoms with Gasteiger partial charge in [0.05, 0.1) is 13.2 Å². The summed E-state index contributed by atoms with van der Waals surface area (Å²) in [5.41, 5.74) is 0. The average Bonchev–Trinajstić information content (AvgIpc) is 2.45. The molecule has 1 saturated carbocycles. The number of carbonyl (C=O) groups is 1. The topological polar surface area (TPSA) is 67.0 Å². The largest absolute Gasteiger partial charge is 0.412 e. The molecule has 4 nitrogen and oxygen atoms in total. The molecule has 1 saturated heterocycles. The first-order valence-electron chi connectivity index (χ1n) is 4.10. The van der Waals surface area contributed by atoms with Crippen LogP contribution >= 0.6 is 0 Å². The average molecular weight is 174 g/mol. The normalized spacial score (nSPS) is 27.2. The molecule has 0 bridgehead atoms. The zero-order valence-electron chi connectivity index (χ0n) is 6.97. The lowest BCUT2D eigenvalue weighted by Crippen LogP contribution is -2.35. The van der Waals surface area contributed by atoms with Gasteiger partial charge >= 0.3 is 0 Å². The summed E-state index contributed by atoms with van der Waals surface area (Å²) in [5, 5.41) is 0. The Labute approximate surface area is 71.2 Å². The van der Waals surface area contributed by atoms with Crippen molar-refractivity contribution in [3.05, 3.63) is 0 Å². The van der Waals surface area contributed by atoms with E-state index in [1.54, 1.807) is 0 Å². The van der Waals surface area contributed by atoms with Crippen LogP contribution in [0.3, 0.4) is 0 Å². The molecule has 0 aromatic carbocycles. The molecular weight excluding hydrogens is 160 g/mol. The highest BCUT2D eigenvalue weighted by Crippen LogP contribution is 2.33. The van der Waals surface area contributed by atoms with Gasteiger partial charge in [0.15, 0.2) is 5.79 Å². The highest BCUT2D eigenvalue weighted by atomic mass is 16.7. The smallest absolute Gasteiger partial charge is 0.169 e. The molecular formula is C8H14O4. The molecule has 0 radical (unpaired) electrons. The van der Waals surface area contributed by atoms with Gasteiger partial charge in [-0.25, -0.2) is 0 Å². The standard InChI is InChI=1S/C8H12O3.H2O/c9-7-1-3-8(4-2-7)10-5-6-11-8;/h1-6H2;1H2. The molecule has 70 valence electrons. The van der Waals surface area contributed by atoms with Crippen LogP contribution in [0.2, 0.25) is 0 Å². The van der Waals surface area contributed by atoms with Crippen molar-refractivity contribution in [3.63, 3.8) is 0 Å². The number of hydrogen-bond acceptors (Lipinski definition) is 3. The van der Waals surface area contributed by atoms with E-state index in [0.717, 1.165) is 12.8 Å². The van der Waals surface area contributed by atoms with Crippen molar-refractivity contribution < 1.29 is 19.7 Å². The van der Waals surface area contributed by atoms with Crippen LogP contribution in [-0.4, -0.2) is 30.3 Å². The lowest BCUT2D eigenvalue weighted by atomic mass is 9.93. The third-order valence-corrected chi connectivity index (χ3v) is 2.38. The number of hydrogen-bond donors (Lipinski definition) is 0. The second-order valence-corrected chi connectivity index (χ2v) is 3.15. The van der Waals surface area contributed by atoms with Crippen molar-refractivity contribution in [2.45, 2.75) is 31.5 Å². The molecule has 2 fully saturated rings. The molecule has 0 aromatic heterocycles. The fourth-order valence-corrected chi connectivity index (χ4v) is 1.70. The van der Waals surface area contributed by atoms with Crippen LogP contribution in [-0.2, 0) is 14.3 Å². The number of ether oxygens (including phenoxy) is 2. The monoisotopic (exact) mass is 174 g/mol. The second-order valence-electron chi connectivity index (χ2n) is 3.15. The summed E-state index contributed by atoms with van der Waals surface area (Å²) in [6, 6.07) is 0. The van der Waals surface area contributed by atoms with Gasteiger partial charge in [-0.15, -0.1) is 0 Å². The first kappa shape index (κ1) is 9.64. The minimum atomic E-state index is -0.367. The Morgan fingerprint density at radius 1 is 1.08 bits per heavy atom.